The molecule has 3 heterocycles. The molecule has 3 aromatic rings. The zero-order chi connectivity index (χ0) is 14.1. The minimum Gasteiger partial charge on any atom is -0.308 e. The summed E-state index contributed by atoms with van der Waals surface area (Å²) in [6, 6.07) is 3.55. The molecule has 0 spiro atoms. The molecule has 0 fully saturated rings. The van der Waals surface area contributed by atoms with E-state index in [0.29, 0.717) is 17.2 Å². The Morgan fingerprint density at radius 3 is 2.95 bits per heavy atom. The number of pyridine rings is 1. The number of thiophene rings is 1. The molecule has 0 saturated heterocycles. The highest BCUT2D eigenvalue weighted by Crippen LogP contribution is 2.31. The van der Waals surface area contributed by atoms with Crippen molar-refractivity contribution in [1.82, 2.24) is 15.0 Å². The summed E-state index contributed by atoms with van der Waals surface area (Å²) in [5, 5.41) is 0.854. The van der Waals surface area contributed by atoms with Crippen LogP contribution in [0.2, 0.25) is 0 Å². The summed E-state index contributed by atoms with van der Waals surface area (Å²) in [6.45, 7) is 2.07. The lowest BCUT2D eigenvalue weighted by molar-refractivity contribution is 0.624. The second-order valence-corrected chi connectivity index (χ2v) is 5.30. The number of aryl methyl sites for hydroxylation is 1. The van der Waals surface area contributed by atoms with Crippen molar-refractivity contribution in [3.8, 4) is 11.4 Å². The van der Waals surface area contributed by atoms with Gasteiger partial charge in [-0.05, 0) is 18.6 Å². The van der Waals surface area contributed by atoms with Crippen LogP contribution in [0, 0.1) is 5.82 Å². The topological polar surface area (TPSA) is 76.7 Å². The molecule has 0 bridgehead atoms. The fraction of sp³-hybridized carbons (Fsp3) is 0.154. The number of aromatic nitrogens is 3. The van der Waals surface area contributed by atoms with E-state index < -0.39 is 5.82 Å². The van der Waals surface area contributed by atoms with E-state index in [4.69, 9.17) is 5.84 Å². The number of halogens is 1. The standard InChI is InChI=1S/C13H12FN5S/c1-2-7-5-9-12(19-15)17-11(18-13(9)20-7)8-3-4-16-6-10(8)14/h3-6H,2,15H2,1H3,(H,17,18,19). The minimum absolute atomic E-state index is 0.301. The van der Waals surface area contributed by atoms with Crippen molar-refractivity contribution in [2.75, 3.05) is 5.43 Å². The van der Waals surface area contributed by atoms with Gasteiger partial charge in [-0.15, -0.1) is 11.3 Å². The van der Waals surface area contributed by atoms with Crippen LogP contribution in [-0.4, -0.2) is 15.0 Å². The van der Waals surface area contributed by atoms with Crippen LogP contribution in [0.3, 0.4) is 0 Å². The molecule has 20 heavy (non-hydrogen) atoms. The molecule has 0 aromatic carbocycles. The molecule has 3 N–H and O–H groups in total. The molecule has 0 aliphatic rings. The van der Waals surface area contributed by atoms with Crippen molar-refractivity contribution in [2.24, 2.45) is 5.84 Å². The van der Waals surface area contributed by atoms with Gasteiger partial charge in [0.05, 0.1) is 17.1 Å². The second kappa shape index (κ2) is 5.10. The molecule has 0 radical (unpaired) electrons. The first-order valence-corrected chi connectivity index (χ1v) is 6.91. The van der Waals surface area contributed by atoms with Crippen molar-refractivity contribution < 1.29 is 4.39 Å². The average Bonchev–Trinajstić information content (AvgIpc) is 2.89. The summed E-state index contributed by atoms with van der Waals surface area (Å²) in [7, 11) is 0. The maximum atomic E-state index is 13.8. The van der Waals surface area contributed by atoms with Crippen LogP contribution in [-0.2, 0) is 6.42 Å². The zero-order valence-corrected chi connectivity index (χ0v) is 11.5. The molecule has 3 aromatic heterocycles. The average molecular weight is 289 g/mol. The van der Waals surface area contributed by atoms with Crippen LogP contribution in [0.15, 0.2) is 24.5 Å². The number of hydrogen-bond acceptors (Lipinski definition) is 6. The molecule has 0 aliphatic carbocycles. The summed E-state index contributed by atoms with van der Waals surface area (Å²) >= 11 is 1.56. The molecule has 102 valence electrons. The molecule has 7 heteroatoms. The molecule has 0 aliphatic heterocycles. The smallest absolute Gasteiger partial charge is 0.166 e. The van der Waals surface area contributed by atoms with Gasteiger partial charge in [0.1, 0.15) is 4.83 Å². The van der Waals surface area contributed by atoms with Gasteiger partial charge in [-0.2, -0.15) is 0 Å². The van der Waals surface area contributed by atoms with Gasteiger partial charge in [-0.3, -0.25) is 4.98 Å². The SMILES string of the molecule is CCc1cc2c(NN)nc(-c3ccncc3F)nc2s1. The Morgan fingerprint density at radius 2 is 2.25 bits per heavy atom. The van der Waals surface area contributed by atoms with Gasteiger partial charge in [-0.25, -0.2) is 20.2 Å². The predicted molar refractivity (Wildman–Crippen MR) is 77.8 cm³/mol. The van der Waals surface area contributed by atoms with E-state index in [-0.39, 0.29) is 0 Å². The number of nitrogens with zero attached hydrogens (tertiary/aromatic N) is 3. The van der Waals surface area contributed by atoms with Gasteiger partial charge in [0, 0.05) is 11.1 Å². The van der Waals surface area contributed by atoms with E-state index in [0.717, 1.165) is 22.8 Å². The highest BCUT2D eigenvalue weighted by Gasteiger charge is 2.14. The lowest BCUT2D eigenvalue weighted by Gasteiger charge is -2.05. The van der Waals surface area contributed by atoms with Crippen LogP contribution in [0.25, 0.3) is 21.6 Å². The molecule has 0 amide bonds. The number of nitrogens with one attached hydrogen (secondary N) is 1. The summed E-state index contributed by atoms with van der Waals surface area (Å²) in [4.78, 5) is 14.4. The maximum Gasteiger partial charge on any atom is 0.166 e. The number of rotatable bonds is 3. The van der Waals surface area contributed by atoms with E-state index in [1.807, 2.05) is 6.07 Å². The van der Waals surface area contributed by atoms with Crippen LogP contribution in [0.5, 0.6) is 0 Å². The summed E-state index contributed by atoms with van der Waals surface area (Å²) in [5.41, 5.74) is 2.86. The molecule has 0 atom stereocenters. The van der Waals surface area contributed by atoms with Gasteiger partial charge in [0.2, 0.25) is 0 Å². The van der Waals surface area contributed by atoms with Gasteiger partial charge in [0.25, 0.3) is 0 Å². The van der Waals surface area contributed by atoms with E-state index in [1.54, 1.807) is 17.4 Å². The number of nitrogens with two attached hydrogens (primary N) is 1. The number of hydrazine groups is 1. The highest BCUT2D eigenvalue weighted by molar-refractivity contribution is 7.18. The Balaban J connectivity index is 2.25. The first-order chi connectivity index (χ1) is 9.72. The first-order valence-electron chi connectivity index (χ1n) is 6.10. The van der Waals surface area contributed by atoms with Gasteiger partial charge in [-0.1, -0.05) is 6.92 Å². The Bertz CT molecular complexity index is 771. The van der Waals surface area contributed by atoms with Crippen molar-refractivity contribution in [1.29, 1.82) is 0 Å². The number of nitrogen functional groups attached to an aromatic ring is 1. The molecular weight excluding hydrogens is 277 g/mol. The fourth-order valence-corrected chi connectivity index (χ4v) is 2.90. The third kappa shape index (κ3) is 2.10. The Hall–Kier alpha value is -2.12. The molecule has 0 unspecified atom stereocenters. The summed E-state index contributed by atoms with van der Waals surface area (Å²) in [6.07, 6.45) is 3.56. The molecule has 5 nitrogen and oxygen atoms in total. The largest absolute Gasteiger partial charge is 0.308 e. The Labute approximate surface area is 118 Å². The van der Waals surface area contributed by atoms with Gasteiger partial charge < -0.3 is 5.43 Å². The van der Waals surface area contributed by atoms with E-state index >= 15 is 0 Å². The number of fused-ring (bicyclic) bond motifs is 1. The Kier molecular flexibility index (Phi) is 3.29. The molecular formula is C13H12FN5S. The minimum atomic E-state index is -0.456. The van der Waals surface area contributed by atoms with Crippen LogP contribution < -0.4 is 11.3 Å². The number of hydrogen-bond donors (Lipinski definition) is 2. The fourth-order valence-electron chi connectivity index (χ4n) is 1.93. The van der Waals surface area contributed by atoms with Crippen molar-refractivity contribution in [3.63, 3.8) is 0 Å². The van der Waals surface area contributed by atoms with Gasteiger partial charge >= 0.3 is 0 Å². The summed E-state index contributed by atoms with van der Waals surface area (Å²) < 4.78 is 13.8. The maximum absolute atomic E-state index is 13.8. The normalized spacial score (nSPS) is 10.9. The van der Waals surface area contributed by atoms with E-state index in [2.05, 4.69) is 27.3 Å². The van der Waals surface area contributed by atoms with Crippen molar-refractivity contribution in [2.45, 2.75) is 13.3 Å². The third-order valence-corrected chi connectivity index (χ3v) is 4.12. The predicted octanol–water partition coefficient (Wildman–Crippen LogP) is 2.74. The van der Waals surface area contributed by atoms with E-state index in [9.17, 15) is 4.39 Å². The second-order valence-electron chi connectivity index (χ2n) is 4.18. The Morgan fingerprint density at radius 1 is 1.40 bits per heavy atom. The van der Waals surface area contributed by atoms with Crippen molar-refractivity contribution >= 4 is 27.4 Å². The monoisotopic (exact) mass is 289 g/mol. The van der Waals surface area contributed by atoms with Gasteiger partial charge in [0.15, 0.2) is 17.5 Å². The number of anilines is 1. The third-order valence-electron chi connectivity index (χ3n) is 2.94. The first kappa shape index (κ1) is 12.9. The van der Waals surface area contributed by atoms with Crippen LogP contribution in [0.1, 0.15) is 11.8 Å². The van der Waals surface area contributed by atoms with E-state index in [1.165, 1.54) is 11.1 Å². The van der Waals surface area contributed by atoms with Crippen LogP contribution >= 0.6 is 11.3 Å². The highest BCUT2D eigenvalue weighted by atomic mass is 32.1. The molecule has 3 rings (SSSR count). The quantitative estimate of drug-likeness (QED) is 0.572. The van der Waals surface area contributed by atoms with Crippen LogP contribution in [0.4, 0.5) is 10.2 Å². The lowest BCUT2D eigenvalue weighted by Crippen LogP contribution is -2.10. The van der Waals surface area contributed by atoms with Crippen molar-refractivity contribution in [3.05, 3.63) is 35.2 Å². The zero-order valence-electron chi connectivity index (χ0n) is 10.7. The molecule has 0 saturated carbocycles. The summed E-state index contributed by atoms with van der Waals surface area (Å²) in [5.74, 6) is 5.85. The lowest BCUT2D eigenvalue weighted by atomic mass is 10.2.